The van der Waals surface area contributed by atoms with Crippen LogP contribution in [0, 0.1) is 13.8 Å². The second-order valence-corrected chi connectivity index (χ2v) is 6.27. The van der Waals surface area contributed by atoms with Crippen molar-refractivity contribution in [3.63, 3.8) is 0 Å². The maximum absolute atomic E-state index is 9.66. The fourth-order valence-corrected chi connectivity index (χ4v) is 3.23. The molecule has 1 unspecified atom stereocenters. The van der Waals surface area contributed by atoms with Gasteiger partial charge in [0.2, 0.25) is 0 Å². The number of aryl methyl sites for hydroxylation is 2. The molecule has 1 aromatic carbocycles. The predicted molar refractivity (Wildman–Crippen MR) is 86.2 cm³/mol. The molecule has 1 atom stereocenters. The lowest BCUT2D eigenvalue weighted by Crippen LogP contribution is -2.41. The summed E-state index contributed by atoms with van der Waals surface area (Å²) >= 11 is 1.57. The summed E-state index contributed by atoms with van der Waals surface area (Å²) in [6.07, 6.45) is 0.661. The highest BCUT2D eigenvalue weighted by atomic mass is 32.2. The van der Waals surface area contributed by atoms with Crippen molar-refractivity contribution in [1.29, 1.82) is 0 Å². The summed E-state index contributed by atoms with van der Waals surface area (Å²) in [7, 11) is 0. The summed E-state index contributed by atoms with van der Waals surface area (Å²) in [6.45, 7) is 3.85. The standard InChI is InChI=1S/C16H21N3OS/c1-12-10-13(2)19-15(18-12)21-9-8-16(17,11-20)14-6-4-3-5-7-14/h3-7,10,20H,8-9,11,17H2,1-2H3. The van der Waals surface area contributed by atoms with Crippen LogP contribution in [0.5, 0.6) is 0 Å². The second kappa shape index (κ2) is 7.02. The van der Waals surface area contributed by atoms with Gasteiger partial charge in [0.05, 0.1) is 12.1 Å². The maximum Gasteiger partial charge on any atom is 0.187 e. The SMILES string of the molecule is Cc1cc(C)nc(SCCC(N)(CO)c2ccccc2)n1. The van der Waals surface area contributed by atoms with Gasteiger partial charge in [-0.15, -0.1) is 0 Å². The topological polar surface area (TPSA) is 72.0 Å². The van der Waals surface area contributed by atoms with Crippen molar-refractivity contribution in [3.8, 4) is 0 Å². The molecule has 2 rings (SSSR count). The summed E-state index contributed by atoms with van der Waals surface area (Å²) in [5.41, 5.74) is 8.51. The van der Waals surface area contributed by atoms with Crippen LogP contribution in [-0.2, 0) is 5.54 Å². The predicted octanol–water partition coefficient (Wildman–Crippen LogP) is 2.42. The maximum atomic E-state index is 9.66. The van der Waals surface area contributed by atoms with E-state index in [9.17, 15) is 5.11 Å². The molecule has 0 spiro atoms. The first-order chi connectivity index (χ1) is 10.0. The number of nitrogens with zero attached hydrogens (tertiary/aromatic N) is 2. The van der Waals surface area contributed by atoms with E-state index in [1.165, 1.54) is 0 Å². The van der Waals surface area contributed by atoms with Gasteiger partial charge in [-0.05, 0) is 31.9 Å². The quantitative estimate of drug-likeness (QED) is 0.633. The average Bonchev–Trinajstić information content (AvgIpc) is 2.47. The Labute approximate surface area is 129 Å². The Bertz CT molecular complexity index is 571. The van der Waals surface area contributed by atoms with Crippen LogP contribution in [-0.4, -0.2) is 27.4 Å². The zero-order chi connectivity index (χ0) is 15.3. The Morgan fingerprint density at radius 3 is 2.33 bits per heavy atom. The number of aliphatic hydroxyl groups is 1. The molecule has 112 valence electrons. The molecule has 21 heavy (non-hydrogen) atoms. The van der Waals surface area contributed by atoms with Gasteiger partial charge in [0.15, 0.2) is 5.16 Å². The van der Waals surface area contributed by atoms with Gasteiger partial charge >= 0.3 is 0 Å². The molecule has 3 N–H and O–H groups in total. The fraction of sp³-hybridized carbons (Fsp3) is 0.375. The molecule has 0 fully saturated rings. The molecular formula is C16H21N3OS. The first-order valence-corrected chi connectivity index (χ1v) is 7.92. The fourth-order valence-electron chi connectivity index (χ4n) is 2.17. The second-order valence-electron chi connectivity index (χ2n) is 5.21. The van der Waals surface area contributed by atoms with E-state index in [0.717, 1.165) is 27.9 Å². The molecule has 0 amide bonds. The average molecular weight is 303 g/mol. The largest absolute Gasteiger partial charge is 0.394 e. The van der Waals surface area contributed by atoms with E-state index >= 15 is 0 Å². The third kappa shape index (κ3) is 4.27. The minimum Gasteiger partial charge on any atom is -0.394 e. The molecule has 2 aromatic rings. The van der Waals surface area contributed by atoms with Gasteiger partial charge in [0.1, 0.15) is 0 Å². The van der Waals surface area contributed by atoms with Crippen molar-refractivity contribution in [2.45, 2.75) is 31.0 Å². The summed E-state index contributed by atoms with van der Waals surface area (Å²) in [5, 5.41) is 10.4. The molecule has 0 bridgehead atoms. The van der Waals surface area contributed by atoms with Crippen LogP contribution in [0.25, 0.3) is 0 Å². The van der Waals surface area contributed by atoms with Crippen LogP contribution < -0.4 is 5.73 Å². The Kier molecular flexibility index (Phi) is 5.33. The molecule has 1 heterocycles. The number of thioether (sulfide) groups is 1. The number of hydrogen-bond acceptors (Lipinski definition) is 5. The Balaban J connectivity index is 2.00. The van der Waals surface area contributed by atoms with Crippen molar-refractivity contribution in [3.05, 3.63) is 53.3 Å². The highest BCUT2D eigenvalue weighted by Gasteiger charge is 2.26. The summed E-state index contributed by atoms with van der Waals surface area (Å²) in [5.74, 6) is 0.759. The number of benzene rings is 1. The highest BCUT2D eigenvalue weighted by Crippen LogP contribution is 2.25. The van der Waals surface area contributed by atoms with Crippen molar-refractivity contribution in [1.82, 2.24) is 9.97 Å². The van der Waals surface area contributed by atoms with Crippen LogP contribution in [0.1, 0.15) is 23.4 Å². The van der Waals surface area contributed by atoms with Crippen LogP contribution in [0.3, 0.4) is 0 Å². The lowest BCUT2D eigenvalue weighted by molar-refractivity contribution is 0.193. The molecule has 4 nitrogen and oxygen atoms in total. The van der Waals surface area contributed by atoms with Crippen molar-refractivity contribution in [2.75, 3.05) is 12.4 Å². The zero-order valence-electron chi connectivity index (χ0n) is 12.4. The first-order valence-electron chi connectivity index (χ1n) is 6.94. The molecule has 0 aliphatic carbocycles. The van der Waals surface area contributed by atoms with Crippen molar-refractivity contribution in [2.24, 2.45) is 5.73 Å². The number of aromatic nitrogens is 2. The number of rotatable bonds is 6. The normalized spacial score (nSPS) is 13.9. The minimum absolute atomic E-state index is 0.0781. The van der Waals surface area contributed by atoms with Crippen LogP contribution in [0.2, 0.25) is 0 Å². The number of hydrogen-bond donors (Lipinski definition) is 2. The lowest BCUT2D eigenvalue weighted by atomic mass is 9.89. The van der Waals surface area contributed by atoms with Gasteiger partial charge in [-0.1, -0.05) is 42.1 Å². The Hall–Kier alpha value is -1.43. The van der Waals surface area contributed by atoms with Gasteiger partial charge in [-0.25, -0.2) is 9.97 Å². The van der Waals surface area contributed by atoms with Crippen molar-refractivity contribution < 1.29 is 5.11 Å². The first kappa shape index (κ1) is 15.9. The van der Waals surface area contributed by atoms with Crippen LogP contribution in [0.15, 0.2) is 41.6 Å². The van der Waals surface area contributed by atoms with Gasteiger partial charge < -0.3 is 10.8 Å². The van der Waals surface area contributed by atoms with E-state index in [-0.39, 0.29) is 6.61 Å². The number of nitrogens with two attached hydrogens (primary N) is 1. The Morgan fingerprint density at radius 2 is 1.76 bits per heavy atom. The molecule has 0 aliphatic heterocycles. The monoisotopic (exact) mass is 303 g/mol. The third-order valence-electron chi connectivity index (χ3n) is 3.37. The molecule has 0 saturated carbocycles. The van der Waals surface area contributed by atoms with Crippen LogP contribution in [0.4, 0.5) is 0 Å². The van der Waals surface area contributed by atoms with E-state index in [1.807, 2.05) is 50.2 Å². The van der Waals surface area contributed by atoms with E-state index in [4.69, 9.17) is 5.73 Å². The Morgan fingerprint density at radius 1 is 1.14 bits per heavy atom. The molecule has 1 aromatic heterocycles. The number of aliphatic hydroxyl groups excluding tert-OH is 1. The van der Waals surface area contributed by atoms with E-state index in [2.05, 4.69) is 9.97 Å². The van der Waals surface area contributed by atoms with Crippen LogP contribution >= 0.6 is 11.8 Å². The summed E-state index contributed by atoms with van der Waals surface area (Å²) in [4.78, 5) is 8.80. The summed E-state index contributed by atoms with van der Waals surface area (Å²) in [6, 6.07) is 11.7. The van der Waals surface area contributed by atoms with E-state index in [0.29, 0.717) is 6.42 Å². The lowest BCUT2D eigenvalue weighted by Gasteiger charge is -2.27. The molecule has 0 saturated heterocycles. The molecular weight excluding hydrogens is 282 g/mol. The van der Waals surface area contributed by atoms with E-state index in [1.54, 1.807) is 11.8 Å². The highest BCUT2D eigenvalue weighted by molar-refractivity contribution is 7.99. The van der Waals surface area contributed by atoms with Gasteiger partial charge in [-0.3, -0.25) is 0 Å². The molecule has 5 heteroatoms. The smallest absolute Gasteiger partial charge is 0.187 e. The van der Waals surface area contributed by atoms with Crippen molar-refractivity contribution >= 4 is 11.8 Å². The molecule has 0 aliphatic rings. The summed E-state index contributed by atoms with van der Waals surface area (Å²) < 4.78 is 0. The van der Waals surface area contributed by atoms with Gasteiger partial charge in [0.25, 0.3) is 0 Å². The van der Waals surface area contributed by atoms with Gasteiger partial charge in [-0.2, -0.15) is 0 Å². The van der Waals surface area contributed by atoms with E-state index < -0.39 is 5.54 Å². The third-order valence-corrected chi connectivity index (χ3v) is 4.22. The minimum atomic E-state index is -0.715. The zero-order valence-corrected chi connectivity index (χ0v) is 13.2. The van der Waals surface area contributed by atoms with Gasteiger partial charge in [0, 0.05) is 17.1 Å². The molecule has 0 radical (unpaired) electrons.